The van der Waals surface area contributed by atoms with E-state index in [1.807, 2.05) is 65.6 Å². The molecule has 1 aliphatic rings. The number of rotatable bonds is 5. The zero-order valence-electron chi connectivity index (χ0n) is 19.7. The molecule has 0 spiro atoms. The molecule has 0 radical (unpaired) electrons. The molecule has 2 amide bonds. The predicted molar refractivity (Wildman–Crippen MR) is 146 cm³/mol. The van der Waals surface area contributed by atoms with Gasteiger partial charge in [-0.2, -0.15) is 0 Å². The predicted octanol–water partition coefficient (Wildman–Crippen LogP) is 6.79. The molecule has 1 aliphatic heterocycles. The smallest absolute Gasteiger partial charge is 0.254 e. The number of nitrogens with one attached hydrogen (secondary N) is 1. The number of fused-ring (bicyclic) bond motifs is 1. The van der Waals surface area contributed by atoms with Crippen molar-refractivity contribution >= 4 is 45.8 Å². The number of hydrogen-bond donors (Lipinski definition) is 1. The molecule has 1 N–H and O–H groups in total. The average molecular weight is 517 g/mol. The summed E-state index contributed by atoms with van der Waals surface area (Å²) in [5, 5.41) is 6.08. The largest absolute Gasteiger partial charge is 0.349 e. The molecule has 6 heteroatoms. The highest BCUT2D eigenvalue weighted by atomic mass is 35.5. The molecule has 0 saturated carbocycles. The van der Waals surface area contributed by atoms with Crippen molar-refractivity contribution in [3.05, 3.63) is 118 Å². The van der Waals surface area contributed by atoms with E-state index < -0.39 is 0 Å². The fraction of sp³-hybridized carbons (Fsp3) is 0.200. The first-order valence-corrected chi connectivity index (χ1v) is 12.8. The Balaban J connectivity index is 1.37. The van der Waals surface area contributed by atoms with Crippen molar-refractivity contribution in [1.82, 2.24) is 10.2 Å². The quantitative estimate of drug-likeness (QED) is 0.317. The van der Waals surface area contributed by atoms with E-state index in [0.717, 1.165) is 16.3 Å². The lowest BCUT2D eigenvalue weighted by Gasteiger charge is -2.40. The number of benzene rings is 4. The van der Waals surface area contributed by atoms with Crippen LogP contribution in [0.25, 0.3) is 10.8 Å². The van der Waals surface area contributed by atoms with Crippen LogP contribution in [0.5, 0.6) is 0 Å². The van der Waals surface area contributed by atoms with E-state index in [2.05, 4.69) is 17.4 Å². The topological polar surface area (TPSA) is 49.4 Å². The summed E-state index contributed by atoms with van der Waals surface area (Å²) in [6, 6.07) is 28.6. The van der Waals surface area contributed by atoms with E-state index in [4.69, 9.17) is 23.2 Å². The van der Waals surface area contributed by atoms with E-state index >= 15 is 0 Å². The van der Waals surface area contributed by atoms with Gasteiger partial charge in [0.2, 0.25) is 0 Å². The van der Waals surface area contributed by atoms with Crippen molar-refractivity contribution in [2.75, 3.05) is 6.54 Å². The van der Waals surface area contributed by atoms with Crippen LogP contribution in [-0.2, 0) is 6.42 Å². The van der Waals surface area contributed by atoms with Gasteiger partial charge in [-0.1, -0.05) is 89.9 Å². The van der Waals surface area contributed by atoms with Crippen LogP contribution in [-0.4, -0.2) is 35.3 Å². The van der Waals surface area contributed by atoms with Crippen molar-refractivity contribution < 1.29 is 9.59 Å². The Kier molecular flexibility index (Phi) is 7.26. The van der Waals surface area contributed by atoms with Gasteiger partial charge in [-0.05, 0) is 59.9 Å². The molecule has 0 aromatic heterocycles. The van der Waals surface area contributed by atoms with Gasteiger partial charge in [0.15, 0.2) is 0 Å². The minimum absolute atomic E-state index is 0.0443. The van der Waals surface area contributed by atoms with Crippen LogP contribution in [0.2, 0.25) is 10.0 Å². The molecule has 0 bridgehead atoms. The number of piperidine rings is 1. The van der Waals surface area contributed by atoms with E-state index in [1.54, 1.807) is 18.2 Å². The Hall–Kier alpha value is -3.34. The van der Waals surface area contributed by atoms with E-state index in [0.29, 0.717) is 47.0 Å². The summed E-state index contributed by atoms with van der Waals surface area (Å²) in [7, 11) is 0. The summed E-state index contributed by atoms with van der Waals surface area (Å²) in [5.41, 5.74) is 2.29. The summed E-state index contributed by atoms with van der Waals surface area (Å²) in [6.07, 6.45) is 2.02. The summed E-state index contributed by atoms with van der Waals surface area (Å²) in [5.74, 6) is -0.184. The van der Waals surface area contributed by atoms with E-state index in [1.165, 1.54) is 0 Å². The molecule has 0 aliphatic carbocycles. The Morgan fingerprint density at radius 1 is 0.861 bits per heavy atom. The van der Waals surface area contributed by atoms with Crippen LogP contribution in [0.4, 0.5) is 0 Å². The van der Waals surface area contributed by atoms with Crippen molar-refractivity contribution in [3.63, 3.8) is 0 Å². The zero-order valence-corrected chi connectivity index (χ0v) is 21.2. The Bertz CT molecular complexity index is 1380. The van der Waals surface area contributed by atoms with Gasteiger partial charge in [0, 0.05) is 39.8 Å². The number of carbonyl (C=O) groups excluding carboxylic acids is 2. The second kappa shape index (κ2) is 10.7. The summed E-state index contributed by atoms with van der Waals surface area (Å²) < 4.78 is 0. The minimum Gasteiger partial charge on any atom is -0.349 e. The maximum Gasteiger partial charge on any atom is 0.254 e. The van der Waals surface area contributed by atoms with Gasteiger partial charge in [-0.3, -0.25) is 9.59 Å². The summed E-state index contributed by atoms with van der Waals surface area (Å²) in [4.78, 5) is 28.7. The van der Waals surface area contributed by atoms with Crippen molar-refractivity contribution in [3.8, 4) is 0 Å². The summed E-state index contributed by atoms with van der Waals surface area (Å²) >= 11 is 12.4. The molecule has 5 rings (SSSR count). The fourth-order valence-corrected chi connectivity index (χ4v) is 5.58. The van der Waals surface area contributed by atoms with Gasteiger partial charge in [0.25, 0.3) is 11.8 Å². The number of amides is 2. The third-order valence-corrected chi connectivity index (χ3v) is 7.21. The maximum absolute atomic E-state index is 13.5. The number of nitrogens with zero attached hydrogens (tertiary/aromatic N) is 1. The van der Waals surface area contributed by atoms with Crippen LogP contribution < -0.4 is 5.32 Å². The standard InChI is InChI=1S/C30H26Cl2N2O2/c31-23-16-22(17-24(32)18-23)30(36)34-14-13-25(19-26(34)15-20-7-2-1-3-8-20)33-29(35)28-12-6-10-21-9-4-5-11-27(21)28/h1-12,16-18,25-26H,13-15,19H2,(H,33,35)/t25-,26+/m0/s1. The van der Waals surface area contributed by atoms with Gasteiger partial charge in [0.05, 0.1) is 0 Å². The molecule has 1 fully saturated rings. The van der Waals surface area contributed by atoms with Crippen molar-refractivity contribution in [1.29, 1.82) is 0 Å². The van der Waals surface area contributed by atoms with Gasteiger partial charge in [0.1, 0.15) is 0 Å². The monoisotopic (exact) mass is 516 g/mol. The highest BCUT2D eigenvalue weighted by Gasteiger charge is 2.33. The molecular weight excluding hydrogens is 491 g/mol. The summed E-state index contributed by atoms with van der Waals surface area (Å²) in [6.45, 7) is 0.529. The van der Waals surface area contributed by atoms with Crippen molar-refractivity contribution in [2.45, 2.75) is 31.3 Å². The number of hydrogen-bond acceptors (Lipinski definition) is 2. The minimum atomic E-state index is -0.0980. The van der Waals surface area contributed by atoms with Gasteiger partial charge < -0.3 is 10.2 Å². The molecular formula is C30H26Cl2N2O2. The third kappa shape index (κ3) is 5.40. The Morgan fingerprint density at radius 2 is 1.56 bits per heavy atom. The maximum atomic E-state index is 13.5. The first-order chi connectivity index (χ1) is 17.5. The Labute approximate surface area is 220 Å². The van der Waals surface area contributed by atoms with Crippen LogP contribution in [0.15, 0.2) is 91.0 Å². The highest BCUT2D eigenvalue weighted by Crippen LogP contribution is 2.27. The highest BCUT2D eigenvalue weighted by molar-refractivity contribution is 6.35. The second-order valence-electron chi connectivity index (χ2n) is 9.22. The van der Waals surface area contributed by atoms with Crippen LogP contribution >= 0.6 is 23.2 Å². The number of halogens is 2. The molecule has 2 atom stereocenters. The molecule has 0 unspecified atom stereocenters. The first-order valence-electron chi connectivity index (χ1n) is 12.1. The molecule has 4 aromatic rings. The van der Waals surface area contributed by atoms with Crippen LogP contribution in [0.1, 0.15) is 39.1 Å². The SMILES string of the molecule is O=C(N[C@H]1CCN(C(=O)c2cc(Cl)cc(Cl)c2)[C@H](Cc2ccccc2)C1)c1cccc2ccccc12. The molecule has 182 valence electrons. The molecule has 4 nitrogen and oxygen atoms in total. The molecule has 4 aromatic carbocycles. The van der Waals surface area contributed by atoms with Gasteiger partial charge in [-0.25, -0.2) is 0 Å². The zero-order chi connectivity index (χ0) is 25.1. The molecule has 36 heavy (non-hydrogen) atoms. The van der Waals surface area contributed by atoms with Crippen LogP contribution in [0, 0.1) is 0 Å². The lowest BCUT2D eigenvalue weighted by molar-refractivity contribution is 0.0571. The van der Waals surface area contributed by atoms with E-state index in [-0.39, 0.29) is 23.9 Å². The second-order valence-corrected chi connectivity index (χ2v) is 10.1. The molecule has 1 heterocycles. The van der Waals surface area contributed by atoms with Gasteiger partial charge >= 0.3 is 0 Å². The van der Waals surface area contributed by atoms with Crippen molar-refractivity contribution in [2.24, 2.45) is 0 Å². The third-order valence-electron chi connectivity index (χ3n) is 6.77. The Morgan fingerprint density at radius 3 is 2.33 bits per heavy atom. The lowest BCUT2D eigenvalue weighted by Crippen LogP contribution is -2.52. The van der Waals surface area contributed by atoms with Gasteiger partial charge in [-0.15, -0.1) is 0 Å². The number of carbonyl (C=O) groups is 2. The molecule has 1 saturated heterocycles. The normalized spacial score (nSPS) is 17.7. The first kappa shape index (κ1) is 24.4. The number of likely N-dealkylation sites (tertiary alicyclic amines) is 1. The average Bonchev–Trinajstić information content (AvgIpc) is 2.88. The fourth-order valence-electron chi connectivity index (χ4n) is 5.06. The van der Waals surface area contributed by atoms with Crippen LogP contribution in [0.3, 0.4) is 0 Å². The lowest BCUT2D eigenvalue weighted by atomic mass is 9.91. The van der Waals surface area contributed by atoms with E-state index in [9.17, 15) is 9.59 Å².